The van der Waals surface area contributed by atoms with Crippen LogP contribution in [-0.4, -0.2) is 28.6 Å². The molecule has 11 heteroatoms. The highest BCUT2D eigenvalue weighted by atomic mass is 32.2. The standard InChI is InChI=1S/C24H16F4N4O2S/c1-12-3-2-4-17(26)23(12)35(33,34)11-13-5-8-16(25)18(19(13)27)14-6-7-15-21(20(14)28)31-32-22(15)24-29-9-10-30-24/h2-10H,11H2,1H3,(H,29,30)(H,31,32). The Kier molecular flexibility index (Phi) is 5.43. The first-order valence-corrected chi connectivity index (χ1v) is 12.0. The summed E-state index contributed by atoms with van der Waals surface area (Å²) in [4.78, 5) is 6.37. The molecule has 0 saturated heterocycles. The van der Waals surface area contributed by atoms with Crippen molar-refractivity contribution in [2.75, 3.05) is 0 Å². The summed E-state index contributed by atoms with van der Waals surface area (Å²) in [5.41, 5.74) is -1.25. The molecule has 0 aliphatic heterocycles. The minimum atomic E-state index is -4.33. The van der Waals surface area contributed by atoms with Crippen LogP contribution in [0.25, 0.3) is 33.5 Å². The minimum Gasteiger partial charge on any atom is -0.343 e. The highest BCUT2D eigenvalue weighted by Crippen LogP contribution is 2.36. The second-order valence-electron chi connectivity index (χ2n) is 7.90. The molecule has 178 valence electrons. The van der Waals surface area contributed by atoms with E-state index in [1.165, 1.54) is 37.4 Å². The molecule has 5 rings (SSSR count). The molecule has 2 heterocycles. The van der Waals surface area contributed by atoms with Crippen molar-refractivity contribution in [1.82, 2.24) is 20.2 Å². The smallest absolute Gasteiger partial charge is 0.185 e. The molecule has 3 aromatic carbocycles. The topological polar surface area (TPSA) is 91.5 Å². The molecular formula is C24H16F4N4O2S. The van der Waals surface area contributed by atoms with Crippen molar-refractivity contribution >= 4 is 20.7 Å². The van der Waals surface area contributed by atoms with E-state index in [-0.39, 0.29) is 11.1 Å². The number of nitrogens with one attached hydrogen (secondary N) is 2. The summed E-state index contributed by atoms with van der Waals surface area (Å²) in [5, 5.41) is 6.90. The van der Waals surface area contributed by atoms with Crippen molar-refractivity contribution in [1.29, 1.82) is 0 Å². The van der Waals surface area contributed by atoms with E-state index >= 15 is 8.78 Å². The fourth-order valence-electron chi connectivity index (χ4n) is 4.06. The van der Waals surface area contributed by atoms with Gasteiger partial charge in [-0.1, -0.05) is 24.3 Å². The van der Waals surface area contributed by atoms with Crippen LogP contribution in [0.4, 0.5) is 17.6 Å². The molecule has 0 saturated carbocycles. The predicted molar refractivity (Wildman–Crippen MR) is 121 cm³/mol. The molecule has 0 atom stereocenters. The molecule has 0 fully saturated rings. The van der Waals surface area contributed by atoms with Gasteiger partial charge in [0.2, 0.25) is 0 Å². The lowest BCUT2D eigenvalue weighted by Gasteiger charge is -2.13. The number of aromatic nitrogens is 4. The molecule has 0 unspecified atom stereocenters. The number of hydrogen-bond donors (Lipinski definition) is 2. The number of benzene rings is 3. The first kappa shape index (κ1) is 22.8. The molecule has 2 aromatic heterocycles. The van der Waals surface area contributed by atoms with E-state index in [0.29, 0.717) is 16.9 Å². The van der Waals surface area contributed by atoms with Crippen molar-refractivity contribution in [3.63, 3.8) is 0 Å². The minimum absolute atomic E-state index is 0.148. The summed E-state index contributed by atoms with van der Waals surface area (Å²) in [7, 11) is -4.33. The number of nitrogens with zero attached hydrogens (tertiary/aromatic N) is 2. The summed E-state index contributed by atoms with van der Waals surface area (Å²) in [6.45, 7) is 1.41. The Balaban J connectivity index is 1.61. The van der Waals surface area contributed by atoms with E-state index in [1.807, 2.05) is 0 Å². The quantitative estimate of drug-likeness (QED) is 0.314. The summed E-state index contributed by atoms with van der Waals surface area (Å²) in [5.74, 6) is -4.88. The number of imidazole rings is 1. The zero-order valence-electron chi connectivity index (χ0n) is 18.0. The molecule has 0 radical (unpaired) electrons. The Labute approximate surface area is 196 Å². The summed E-state index contributed by atoms with van der Waals surface area (Å²) in [6, 6.07) is 8.15. The fraction of sp³-hybridized carbons (Fsp3) is 0.0833. The van der Waals surface area contributed by atoms with Gasteiger partial charge in [0.25, 0.3) is 0 Å². The molecule has 0 spiro atoms. The number of sulfone groups is 1. The monoisotopic (exact) mass is 500 g/mol. The lowest BCUT2D eigenvalue weighted by atomic mass is 9.99. The van der Waals surface area contributed by atoms with E-state index < -0.39 is 60.4 Å². The van der Waals surface area contributed by atoms with E-state index in [4.69, 9.17) is 0 Å². The van der Waals surface area contributed by atoms with Gasteiger partial charge in [-0.05, 0) is 30.7 Å². The van der Waals surface area contributed by atoms with Crippen LogP contribution < -0.4 is 0 Å². The van der Waals surface area contributed by atoms with Gasteiger partial charge in [-0.3, -0.25) is 5.10 Å². The Morgan fingerprint density at radius 3 is 2.46 bits per heavy atom. The predicted octanol–water partition coefficient (Wildman–Crippen LogP) is 5.46. The second-order valence-corrected chi connectivity index (χ2v) is 9.83. The number of fused-ring (bicyclic) bond motifs is 1. The zero-order chi connectivity index (χ0) is 24.9. The average Bonchev–Trinajstić information content (AvgIpc) is 3.47. The SMILES string of the molecule is Cc1cccc(F)c1S(=O)(=O)Cc1ccc(F)c(-c2ccc3c(-c4ncc[nH]4)[nH]nc3c2F)c1F. The Hall–Kier alpha value is -3.99. The van der Waals surface area contributed by atoms with Gasteiger partial charge in [-0.25, -0.2) is 31.0 Å². The molecule has 2 N–H and O–H groups in total. The van der Waals surface area contributed by atoms with E-state index in [0.717, 1.165) is 18.2 Å². The average molecular weight is 500 g/mol. The molecular weight excluding hydrogens is 484 g/mol. The van der Waals surface area contributed by atoms with Gasteiger partial charge in [-0.2, -0.15) is 5.10 Å². The zero-order valence-corrected chi connectivity index (χ0v) is 18.9. The van der Waals surface area contributed by atoms with Crippen molar-refractivity contribution in [3.8, 4) is 22.6 Å². The summed E-state index contributed by atoms with van der Waals surface area (Å²) >= 11 is 0. The van der Waals surface area contributed by atoms with Crippen molar-refractivity contribution in [3.05, 3.63) is 89.3 Å². The molecule has 0 aliphatic rings. The third-order valence-corrected chi connectivity index (χ3v) is 7.49. The van der Waals surface area contributed by atoms with E-state index in [9.17, 15) is 17.2 Å². The second kappa shape index (κ2) is 8.35. The number of aryl methyl sites for hydroxylation is 1. The lowest BCUT2D eigenvalue weighted by molar-refractivity contribution is 0.557. The van der Waals surface area contributed by atoms with Crippen LogP contribution in [0.5, 0.6) is 0 Å². The normalized spacial score (nSPS) is 11.9. The van der Waals surface area contributed by atoms with Gasteiger partial charge < -0.3 is 4.98 Å². The van der Waals surface area contributed by atoms with Crippen LogP contribution >= 0.6 is 0 Å². The molecule has 35 heavy (non-hydrogen) atoms. The third kappa shape index (κ3) is 3.77. The van der Waals surface area contributed by atoms with Crippen LogP contribution in [0.1, 0.15) is 11.1 Å². The largest absolute Gasteiger partial charge is 0.343 e. The van der Waals surface area contributed by atoms with Crippen molar-refractivity contribution in [2.45, 2.75) is 17.6 Å². The lowest BCUT2D eigenvalue weighted by Crippen LogP contribution is -2.11. The van der Waals surface area contributed by atoms with Crippen LogP contribution in [0, 0.1) is 30.2 Å². The molecule has 0 aliphatic carbocycles. The number of rotatable bonds is 5. The highest BCUT2D eigenvalue weighted by Gasteiger charge is 2.27. The van der Waals surface area contributed by atoms with Gasteiger partial charge in [0, 0.05) is 28.9 Å². The number of H-pyrrole nitrogens is 2. The first-order chi connectivity index (χ1) is 16.7. The van der Waals surface area contributed by atoms with Crippen LogP contribution in [0.2, 0.25) is 0 Å². The van der Waals surface area contributed by atoms with Crippen molar-refractivity contribution in [2.24, 2.45) is 0 Å². The van der Waals surface area contributed by atoms with Gasteiger partial charge >= 0.3 is 0 Å². The van der Waals surface area contributed by atoms with Gasteiger partial charge in [-0.15, -0.1) is 0 Å². The van der Waals surface area contributed by atoms with Crippen LogP contribution in [0.15, 0.2) is 59.8 Å². The van der Waals surface area contributed by atoms with Gasteiger partial charge in [0.1, 0.15) is 33.6 Å². The van der Waals surface area contributed by atoms with E-state index in [2.05, 4.69) is 20.2 Å². The van der Waals surface area contributed by atoms with Gasteiger partial charge in [0.15, 0.2) is 21.5 Å². The Bertz CT molecular complexity index is 1680. The van der Waals surface area contributed by atoms with Crippen LogP contribution in [-0.2, 0) is 15.6 Å². The Morgan fingerprint density at radius 1 is 0.943 bits per heavy atom. The maximum Gasteiger partial charge on any atom is 0.185 e. The third-order valence-electron chi connectivity index (χ3n) is 5.66. The fourth-order valence-corrected chi connectivity index (χ4v) is 5.77. The number of halogens is 4. The molecule has 0 amide bonds. The number of hydrogen-bond acceptors (Lipinski definition) is 4. The van der Waals surface area contributed by atoms with Crippen LogP contribution in [0.3, 0.4) is 0 Å². The summed E-state index contributed by atoms with van der Waals surface area (Å²) < 4.78 is 85.7. The maximum absolute atomic E-state index is 15.5. The van der Waals surface area contributed by atoms with Crippen molar-refractivity contribution < 1.29 is 26.0 Å². The summed E-state index contributed by atoms with van der Waals surface area (Å²) in [6.07, 6.45) is 3.07. The molecule has 5 aromatic rings. The van der Waals surface area contributed by atoms with Gasteiger partial charge in [0.05, 0.1) is 11.3 Å². The first-order valence-electron chi connectivity index (χ1n) is 10.3. The number of aromatic amines is 2. The van der Waals surface area contributed by atoms with E-state index in [1.54, 1.807) is 6.20 Å². The maximum atomic E-state index is 15.5. The Morgan fingerprint density at radius 2 is 1.74 bits per heavy atom. The molecule has 0 bridgehead atoms. The highest BCUT2D eigenvalue weighted by molar-refractivity contribution is 7.90. The molecule has 6 nitrogen and oxygen atoms in total.